The van der Waals surface area contributed by atoms with Crippen molar-refractivity contribution in [3.8, 4) is 0 Å². The summed E-state index contributed by atoms with van der Waals surface area (Å²) in [7, 11) is 0. The fraction of sp³-hybridized carbons (Fsp3) is 0.923. The summed E-state index contributed by atoms with van der Waals surface area (Å²) in [6.07, 6.45) is 3.54. The molecule has 0 spiro atoms. The van der Waals surface area contributed by atoms with Gasteiger partial charge in [0, 0.05) is 25.7 Å². The molecule has 2 fully saturated rings. The number of carboxylic acids is 1. The zero-order valence-corrected chi connectivity index (χ0v) is 10.8. The molecule has 2 saturated heterocycles. The van der Waals surface area contributed by atoms with Crippen LogP contribution in [-0.2, 0) is 9.53 Å². The van der Waals surface area contributed by atoms with Gasteiger partial charge in [0.15, 0.2) is 0 Å². The molecule has 0 aromatic rings. The van der Waals surface area contributed by atoms with Gasteiger partial charge in [0.25, 0.3) is 0 Å². The van der Waals surface area contributed by atoms with Crippen LogP contribution in [0.4, 0.5) is 0 Å². The molecule has 0 aromatic carbocycles. The average Bonchev–Trinajstić information content (AvgIpc) is 2.71. The van der Waals surface area contributed by atoms with Gasteiger partial charge in [-0.05, 0) is 25.2 Å². The molecule has 17 heavy (non-hydrogen) atoms. The fourth-order valence-corrected chi connectivity index (χ4v) is 3.10. The highest BCUT2D eigenvalue weighted by atomic mass is 16.5. The molecular weight excluding hydrogens is 218 g/mol. The maximum absolute atomic E-state index is 11.1. The Labute approximate surface area is 103 Å². The second-order valence-electron chi connectivity index (χ2n) is 5.46. The van der Waals surface area contributed by atoms with Crippen LogP contribution in [0.5, 0.6) is 0 Å². The monoisotopic (exact) mass is 241 g/mol. The van der Waals surface area contributed by atoms with Crippen LogP contribution in [0, 0.1) is 11.8 Å². The van der Waals surface area contributed by atoms with Crippen molar-refractivity contribution in [3.63, 3.8) is 0 Å². The largest absolute Gasteiger partial charge is 0.481 e. The smallest absolute Gasteiger partial charge is 0.308 e. The minimum atomic E-state index is -0.640. The van der Waals surface area contributed by atoms with E-state index in [4.69, 9.17) is 9.84 Å². The summed E-state index contributed by atoms with van der Waals surface area (Å²) in [5.41, 5.74) is 0. The fourth-order valence-electron chi connectivity index (χ4n) is 3.10. The molecule has 2 heterocycles. The molecule has 2 rings (SSSR count). The highest BCUT2D eigenvalue weighted by Crippen LogP contribution is 2.29. The third-order valence-electron chi connectivity index (χ3n) is 4.27. The van der Waals surface area contributed by atoms with Gasteiger partial charge in [-0.3, -0.25) is 9.69 Å². The first-order valence-electron chi connectivity index (χ1n) is 6.70. The van der Waals surface area contributed by atoms with Gasteiger partial charge < -0.3 is 9.84 Å². The molecule has 4 nitrogen and oxygen atoms in total. The van der Waals surface area contributed by atoms with Gasteiger partial charge in [-0.15, -0.1) is 0 Å². The van der Waals surface area contributed by atoms with Gasteiger partial charge in [-0.2, -0.15) is 0 Å². The molecule has 0 radical (unpaired) electrons. The number of nitrogens with zero attached hydrogens (tertiary/aromatic N) is 1. The molecule has 4 atom stereocenters. The zero-order chi connectivity index (χ0) is 12.4. The SMILES string of the molecule is CCC1CC(N2C[C@@H](C)[C@H](C(=O)O)C2)CCO1. The number of carbonyl (C=O) groups is 1. The molecule has 2 unspecified atom stereocenters. The van der Waals surface area contributed by atoms with Gasteiger partial charge in [0.2, 0.25) is 0 Å². The lowest BCUT2D eigenvalue weighted by Crippen LogP contribution is -2.41. The summed E-state index contributed by atoms with van der Waals surface area (Å²) in [6.45, 7) is 6.68. The maximum Gasteiger partial charge on any atom is 0.308 e. The number of ether oxygens (including phenoxy) is 1. The van der Waals surface area contributed by atoms with Crippen LogP contribution < -0.4 is 0 Å². The van der Waals surface area contributed by atoms with Crippen molar-refractivity contribution in [2.75, 3.05) is 19.7 Å². The summed E-state index contributed by atoms with van der Waals surface area (Å²) in [5.74, 6) is -0.549. The Kier molecular flexibility index (Phi) is 4.05. The van der Waals surface area contributed by atoms with Crippen molar-refractivity contribution in [3.05, 3.63) is 0 Å². The minimum absolute atomic E-state index is 0.182. The first-order chi connectivity index (χ1) is 8.11. The van der Waals surface area contributed by atoms with E-state index in [2.05, 4.69) is 18.7 Å². The van der Waals surface area contributed by atoms with Crippen LogP contribution in [0.2, 0.25) is 0 Å². The molecular formula is C13H23NO3. The van der Waals surface area contributed by atoms with E-state index in [1.807, 2.05) is 0 Å². The zero-order valence-electron chi connectivity index (χ0n) is 10.8. The Balaban J connectivity index is 1.93. The summed E-state index contributed by atoms with van der Waals surface area (Å²) in [5, 5.41) is 9.15. The number of hydrogen-bond donors (Lipinski definition) is 1. The van der Waals surface area contributed by atoms with E-state index >= 15 is 0 Å². The predicted molar refractivity (Wildman–Crippen MR) is 64.9 cm³/mol. The van der Waals surface area contributed by atoms with E-state index in [1.165, 1.54) is 0 Å². The summed E-state index contributed by atoms with van der Waals surface area (Å²) in [4.78, 5) is 13.5. The molecule has 2 aliphatic rings. The van der Waals surface area contributed by atoms with E-state index < -0.39 is 5.97 Å². The second kappa shape index (κ2) is 5.36. The number of likely N-dealkylation sites (tertiary alicyclic amines) is 1. The summed E-state index contributed by atoms with van der Waals surface area (Å²) < 4.78 is 5.68. The topological polar surface area (TPSA) is 49.8 Å². The first kappa shape index (κ1) is 12.8. The molecule has 0 amide bonds. The molecule has 0 saturated carbocycles. The lowest BCUT2D eigenvalue weighted by molar-refractivity contribution is -0.142. The van der Waals surface area contributed by atoms with Crippen LogP contribution in [0.3, 0.4) is 0 Å². The molecule has 4 heteroatoms. The van der Waals surface area contributed by atoms with Crippen molar-refractivity contribution in [2.24, 2.45) is 11.8 Å². The first-order valence-corrected chi connectivity index (χ1v) is 6.70. The molecule has 1 N–H and O–H groups in total. The Morgan fingerprint density at radius 3 is 2.82 bits per heavy atom. The third kappa shape index (κ3) is 2.80. The minimum Gasteiger partial charge on any atom is -0.481 e. The van der Waals surface area contributed by atoms with Gasteiger partial charge >= 0.3 is 5.97 Å². The molecule has 0 aromatic heterocycles. The molecule has 98 valence electrons. The molecule has 0 bridgehead atoms. The Hall–Kier alpha value is -0.610. The van der Waals surface area contributed by atoms with Crippen molar-refractivity contribution >= 4 is 5.97 Å². The van der Waals surface area contributed by atoms with E-state index in [1.54, 1.807) is 0 Å². The number of hydrogen-bond acceptors (Lipinski definition) is 3. The van der Waals surface area contributed by atoms with Gasteiger partial charge in [0.1, 0.15) is 0 Å². The highest BCUT2D eigenvalue weighted by molar-refractivity contribution is 5.71. The Morgan fingerprint density at radius 2 is 2.24 bits per heavy atom. The van der Waals surface area contributed by atoms with Crippen LogP contribution >= 0.6 is 0 Å². The quantitative estimate of drug-likeness (QED) is 0.815. The predicted octanol–water partition coefficient (Wildman–Crippen LogP) is 1.60. The number of carboxylic acid groups (broad SMARTS) is 1. The second-order valence-corrected chi connectivity index (χ2v) is 5.46. The van der Waals surface area contributed by atoms with Gasteiger partial charge in [-0.25, -0.2) is 0 Å². The summed E-state index contributed by atoms with van der Waals surface area (Å²) in [6, 6.07) is 0.528. The molecule has 2 aliphatic heterocycles. The Bertz CT molecular complexity index is 282. The standard InChI is InChI=1S/C13H23NO3/c1-3-11-6-10(4-5-17-11)14-7-9(2)12(8-14)13(15)16/h9-12H,3-8H2,1-2H3,(H,15,16)/t9-,10?,11?,12-/m1/s1. The maximum atomic E-state index is 11.1. The molecule has 0 aliphatic carbocycles. The van der Waals surface area contributed by atoms with E-state index in [0.29, 0.717) is 12.1 Å². The van der Waals surface area contributed by atoms with Crippen LogP contribution in [0.15, 0.2) is 0 Å². The van der Waals surface area contributed by atoms with Crippen molar-refractivity contribution in [2.45, 2.75) is 45.3 Å². The van der Waals surface area contributed by atoms with Crippen LogP contribution in [-0.4, -0.2) is 47.8 Å². The van der Waals surface area contributed by atoms with Crippen molar-refractivity contribution < 1.29 is 14.6 Å². The van der Waals surface area contributed by atoms with Crippen LogP contribution in [0.25, 0.3) is 0 Å². The van der Waals surface area contributed by atoms with Crippen molar-refractivity contribution in [1.29, 1.82) is 0 Å². The number of rotatable bonds is 3. The average molecular weight is 241 g/mol. The summed E-state index contributed by atoms with van der Waals surface area (Å²) >= 11 is 0. The van der Waals surface area contributed by atoms with E-state index in [9.17, 15) is 4.79 Å². The van der Waals surface area contributed by atoms with Gasteiger partial charge in [-0.1, -0.05) is 13.8 Å². The normalized spacial score (nSPS) is 39.4. The van der Waals surface area contributed by atoms with E-state index in [0.717, 1.165) is 39.0 Å². The number of aliphatic carboxylic acids is 1. The lowest BCUT2D eigenvalue weighted by atomic mass is 9.99. The van der Waals surface area contributed by atoms with Gasteiger partial charge in [0.05, 0.1) is 12.0 Å². The Morgan fingerprint density at radius 1 is 1.47 bits per heavy atom. The lowest BCUT2D eigenvalue weighted by Gasteiger charge is -2.35. The van der Waals surface area contributed by atoms with Crippen molar-refractivity contribution in [1.82, 2.24) is 4.90 Å². The van der Waals surface area contributed by atoms with E-state index in [-0.39, 0.29) is 11.8 Å². The third-order valence-corrected chi connectivity index (χ3v) is 4.27. The highest BCUT2D eigenvalue weighted by Gasteiger charge is 2.38. The van der Waals surface area contributed by atoms with Crippen LogP contribution in [0.1, 0.15) is 33.1 Å².